The van der Waals surface area contributed by atoms with Crippen LogP contribution in [-0.2, 0) is 6.42 Å². The Morgan fingerprint density at radius 1 is 1.44 bits per heavy atom. The Hall–Kier alpha value is -1.77. The molecule has 0 amide bonds. The molecule has 1 aromatic rings. The maximum atomic E-state index is 4.13. The van der Waals surface area contributed by atoms with Crippen molar-refractivity contribution in [3.63, 3.8) is 0 Å². The van der Waals surface area contributed by atoms with Crippen molar-refractivity contribution in [2.45, 2.75) is 26.3 Å². The molecule has 0 saturated heterocycles. The third kappa shape index (κ3) is 3.13. The summed E-state index contributed by atoms with van der Waals surface area (Å²) in [6, 6.07) is 4.42. The van der Waals surface area contributed by atoms with E-state index in [-0.39, 0.29) is 0 Å². The zero-order chi connectivity index (χ0) is 13.0. The molecule has 2 heterocycles. The Balaban J connectivity index is 1.76. The molecule has 0 radical (unpaired) electrons. The van der Waals surface area contributed by atoms with Crippen molar-refractivity contribution < 1.29 is 0 Å². The number of hydrogen-bond acceptors (Lipinski definition) is 3. The van der Waals surface area contributed by atoms with E-state index in [9.17, 15) is 0 Å². The van der Waals surface area contributed by atoms with Crippen molar-refractivity contribution >= 4 is 0 Å². The van der Waals surface area contributed by atoms with Gasteiger partial charge < -0.3 is 10.6 Å². The Bertz CT molecular complexity index is 436. The van der Waals surface area contributed by atoms with Gasteiger partial charge in [-0.3, -0.25) is 4.98 Å². The molecule has 0 bridgehead atoms. The van der Waals surface area contributed by atoms with E-state index in [0.29, 0.717) is 12.0 Å². The standard InChI is InChI=1S/C15H21N3/c1-11-10-12(2)18-15(11)13(3)17-9-6-14-4-7-16-8-5-14/h4-5,7-8,10-11,15,17-18H,3,6,9H2,1-2H3. The first kappa shape index (κ1) is 12.7. The summed E-state index contributed by atoms with van der Waals surface area (Å²) in [5.74, 6) is 0.505. The minimum Gasteiger partial charge on any atom is -0.387 e. The van der Waals surface area contributed by atoms with E-state index in [1.807, 2.05) is 24.5 Å². The lowest BCUT2D eigenvalue weighted by molar-refractivity contribution is 0.534. The highest BCUT2D eigenvalue weighted by atomic mass is 15.0. The van der Waals surface area contributed by atoms with Crippen molar-refractivity contribution in [1.29, 1.82) is 0 Å². The summed E-state index contributed by atoms with van der Waals surface area (Å²) in [4.78, 5) is 4.01. The van der Waals surface area contributed by atoms with Gasteiger partial charge >= 0.3 is 0 Å². The molecule has 0 aromatic carbocycles. The topological polar surface area (TPSA) is 37.0 Å². The van der Waals surface area contributed by atoms with Crippen LogP contribution < -0.4 is 10.6 Å². The van der Waals surface area contributed by atoms with Crippen LogP contribution in [0.15, 0.2) is 48.6 Å². The summed E-state index contributed by atoms with van der Waals surface area (Å²) in [6.07, 6.45) is 6.91. The fourth-order valence-corrected chi connectivity index (χ4v) is 2.35. The molecule has 0 spiro atoms. The summed E-state index contributed by atoms with van der Waals surface area (Å²) in [5.41, 5.74) is 3.61. The van der Waals surface area contributed by atoms with E-state index in [1.165, 1.54) is 11.3 Å². The van der Waals surface area contributed by atoms with E-state index in [0.717, 1.165) is 18.7 Å². The SMILES string of the molecule is C=C(NCCc1ccncc1)C1NC(C)=CC1C. The maximum Gasteiger partial charge on any atom is 0.0711 e. The summed E-state index contributed by atoms with van der Waals surface area (Å²) in [6.45, 7) is 9.35. The molecule has 2 N–H and O–H groups in total. The average molecular weight is 243 g/mol. The van der Waals surface area contributed by atoms with Crippen molar-refractivity contribution in [2.75, 3.05) is 6.54 Å². The van der Waals surface area contributed by atoms with Gasteiger partial charge in [0.15, 0.2) is 0 Å². The third-order valence-corrected chi connectivity index (χ3v) is 3.31. The molecule has 2 unspecified atom stereocenters. The Morgan fingerprint density at radius 3 is 2.78 bits per heavy atom. The van der Waals surface area contributed by atoms with Crippen molar-refractivity contribution in [3.05, 3.63) is 54.1 Å². The van der Waals surface area contributed by atoms with Gasteiger partial charge in [-0.1, -0.05) is 19.6 Å². The average Bonchev–Trinajstić information content (AvgIpc) is 2.70. The zero-order valence-corrected chi connectivity index (χ0v) is 11.1. The molecule has 1 aromatic heterocycles. The third-order valence-electron chi connectivity index (χ3n) is 3.31. The highest BCUT2D eigenvalue weighted by Gasteiger charge is 2.23. The Labute approximate surface area is 109 Å². The highest BCUT2D eigenvalue weighted by Crippen LogP contribution is 2.19. The number of aromatic nitrogens is 1. The largest absolute Gasteiger partial charge is 0.387 e. The van der Waals surface area contributed by atoms with Crippen LogP contribution in [0.2, 0.25) is 0 Å². The number of allylic oxidation sites excluding steroid dienone is 1. The lowest BCUT2D eigenvalue weighted by Gasteiger charge is -2.21. The van der Waals surface area contributed by atoms with Gasteiger partial charge in [-0.2, -0.15) is 0 Å². The molecule has 1 aliphatic rings. The molecule has 96 valence electrons. The summed E-state index contributed by atoms with van der Waals surface area (Å²) in [5, 5.41) is 6.85. The van der Waals surface area contributed by atoms with Gasteiger partial charge in [0.2, 0.25) is 0 Å². The first-order valence-corrected chi connectivity index (χ1v) is 6.43. The fraction of sp³-hybridized carbons (Fsp3) is 0.400. The van der Waals surface area contributed by atoms with Crippen LogP contribution in [0.4, 0.5) is 0 Å². The van der Waals surface area contributed by atoms with Crippen molar-refractivity contribution in [1.82, 2.24) is 15.6 Å². The van der Waals surface area contributed by atoms with E-state index in [4.69, 9.17) is 0 Å². The minimum absolute atomic E-state index is 0.322. The van der Waals surface area contributed by atoms with Gasteiger partial charge in [0.05, 0.1) is 6.04 Å². The Morgan fingerprint density at radius 2 is 2.17 bits per heavy atom. The van der Waals surface area contributed by atoms with Crippen LogP contribution >= 0.6 is 0 Å². The van der Waals surface area contributed by atoms with Crippen LogP contribution in [0.3, 0.4) is 0 Å². The van der Waals surface area contributed by atoms with Crippen molar-refractivity contribution in [3.8, 4) is 0 Å². The van der Waals surface area contributed by atoms with E-state index >= 15 is 0 Å². The Kier molecular flexibility index (Phi) is 4.03. The summed E-state index contributed by atoms with van der Waals surface area (Å²) in [7, 11) is 0. The molecular formula is C15H21N3. The predicted molar refractivity (Wildman–Crippen MR) is 74.9 cm³/mol. The number of rotatable bonds is 5. The second-order valence-corrected chi connectivity index (χ2v) is 4.89. The van der Waals surface area contributed by atoms with Gasteiger partial charge in [-0.25, -0.2) is 0 Å². The molecule has 2 atom stereocenters. The first-order chi connectivity index (χ1) is 8.66. The van der Waals surface area contributed by atoms with E-state index in [1.54, 1.807) is 0 Å². The molecule has 0 saturated carbocycles. The first-order valence-electron chi connectivity index (χ1n) is 6.43. The van der Waals surface area contributed by atoms with Gasteiger partial charge in [0, 0.05) is 36.3 Å². The molecule has 3 heteroatoms. The number of hydrogen-bond donors (Lipinski definition) is 2. The molecule has 18 heavy (non-hydrogen) atoms. The monoisotopic (exact) mass is 243 g/mol. The lowest BCUT2D eigenvalue weighted by Crippen LogP contribution is -2.35. The second-order valence-electron chi connectivity index (χ2n) is 4.89. The quantitative estimate of drug-likeness (QED) is 0.833. The second kappa shape index (κ2) is 5.71. The predicted octanol–water partition coefficient (Wildman–Crippen LogP) is 2.24. The normalized spacial score (nSPS) is 22.2. The van der Waals surface area contributed by atoms with Crippen LogP contribution in [-0.4, -0.2) is 17.6 Å². The van der Waals surface area contributed by atoms with Gasteiger partial charge in [-0.15, -0.1) is 0 Å². The maximum absolute atomic E-state index is 4.13. The molecular weight excluding hydrogens is 222 g/mol. The van der Waals surface area contributed by atoms with Crippen LogP contribution in [0.1, 0.15) is 19.4 Å². The zero-order valence-electron chi connectivity index (χ0n) is 11.1. The summed E-state index contributed by atoms with van der Waals surface area (Å²) < 4.78 is 0. The van der Waals surface area contributed by atoms with Crippen LogP contribution in [0.5, 0.6) is 0 Å². The minimum atomic E-state index is 0.322. The molecule has 0 fully saturated rings. The van der Waals surface area contributed by atoms with Crippen molar-refractivity contribution in [2.24, 2.45) is 5.92 Å². The molecule has 3 nitrogen and oxygen atoms in total. The summed E-state index contributed by atoms with van der Waals surface area (Å²) >= 11 is 0. The smallest absolute Gasteiger partial charge is 0.0711 e. The van der Waals surface area contributed by atoms with E-state index < -0.39 is 0 Å². The van der Waals surface area contributed by atoms with Crippen LogP contribution in [0.25, 0.3) is 0 Å². The number of pyridine rings is 1. The van der Waals surface area contributed by atoms with Crippen LogP contribution in [0, 0.1) is 5.92 Å². The van der Waals surface area contributed by atoms with E-state index in [2.05, 4.69) is 42.1 Å². The molecule has 2 rings (SSSR count). The lowest BCUT2D eigenvalue weighted by atomic mass is 10.0. The number of nitrogens with one attached hydrogen (secondary N) is 2. The van der Waals surface area contributed by atoms with Gasteiger partial charge in [0.25, 0.3) is 0 Å². The van der Waals surface area contributed by atoms with Gasteiger partial charge in [0.1, 0.15) is 0 Å². The number of nitrogens with zero attached hydrogens (tertiary/aromatic N) is 1. The molecule has 1 aliphatic heterocycles. The van der Waals surface area contributed by atoms with Gasteiger partial charge in [-0.05, 0) is 31.0 Å². The fourth-order valence-electron chi connectivity index (χ4n) is 2.35. The molecule has 0 aliphatic carbocycles. The highest BCUT2D eigenvalue weighted by molar-refractivity contribution is 5.20.